The number of nitrogens with zero attached hydrogens (tertiary/aromatic N) is 1. The highest BCUT2D eigenvalue weighted by Crippen LogP contribution is 2.10. The van der Waals surface area contributed by atoms with E-state index in [9.17, 15) is 0 Å². The second-order valence-corrected chi connectivity index (χ2v) is 3.70. The van der Waals surface area contributed by atoms with Gasteiger partial charge in [0.15, 0.2) is 0 Å². The molecule has 72 valence electrons. The molecule has 0 saturated carbocycles. The molecule has 0 aromatic rings. The van der Waals surface area contributed by atoms with Crippen LogP contribution in [0.1, 0.15) is 19.8 Å². The first-order chi connectivity index (χ1) is 5.88. The van der Waals surface area contributed by atoms with E-state index < -0.39 is 0 Å². The van der Waals surface area contributed by atoms with E-state index in [1.165, 1.54) is 19.4 Å². The number of ether oxygens (including phenoxy) is 1. The summed E-state index contributed by atoms with van der Waals surface area (Å²) in [5.41, 5.74) is 0. The molecule has 0 bridgehead atoms. The number of rotatable bonds is 4. The molecule has 12 heavy (non-hydrogen) atoms. The zero-order valence-electron chi connectivity index (χ0n) is 7.83. The third-order valence-electron chi connectivity index (χ3n) is 2.42. The fourth-order valence-corrected chi connectivity index (χ4v) is 1.77. The number of hydrogen-bond acceptors (Lipinski definition) is 3. The van der Waals surface area contributed by atoms with Gasteiger partial charge in [0.2, 0.25) is 0 Å². The summed E-state index contributed by atoms with van der Waals surface area (Å²) < 4.78 is 5.42. The molecule has 0 spiro atoms. The Balaban J connectivity index is 2.26. The summed E-state index contributed by atoms with van der Waals surface area (Å²) in [4.78, 5) is 2.53. The van der Waals surface area contributed by atoms with Crippen molar-refractivity contribution >= 4 is 12.6 Å². The van der Waals surface area contributed by atoms with Gasteiger partial charge in [0.05, 0.1) is 13.2 Å². The lowest BCUT2D eigenvalue weighted by Gasteiger charge is -2.34. The van der Waals surface area contributed by atoms with Crippen molar-refractivity contribution in [1.82, 2.24) is 4.90 Å². The van der Waals surface area contributed by atoms with E-state index in [-0.39, 0.29) is 0 Å². The third-order valence-corrected chi connectivity index (χ3v) is 2.74. The summed E-state index contributed by atoms with van der Waals surface area (Å²) in [5, 5.41) is 0. The van der Waals surface area contributed by atoms with E-state index in [0.29, 0.717) is 6.04 Å². The van der Waals surface area contributed by atoms with Crippen LogP contribution >= 0.6 is 12.6 Å². The van der Waals surface area contributed by atoms with Crippen LogP contribution in [-0.4, -0.2) is 43.0 Å². The monoisotopic (exact) mass is 189 g/mol. The summed E-state index contributed by atoms with van der Waals surface area (Å²) in [5.74, 6) is 0.994. The lowest BCUT2D eigenvalue weighted by Crippen LogP contribution is -2.45. The SMILES string of the molecule is CCC1COCCN1CCCS. The molecule has 1 heterocycles. The Morgan fingerprint density at radius 2 is 2.42 bits per heavy atom. The van der Waals surface area contributed by atoms with Gasteiger partial charge in [-0.05, 0) is 25.1 Å². The van der Waals surface area contributed by atoms with Crippen molar-refractivity contribution in [2.24, 2.45) is 0 Å². The van der Waals surface area contributed by atoms with Gasteiger partial charge in [-0.3, -0.25) is 4.90 Å². The zero-order valence-corrected chi connectivity index (χ0v) is 8.72. The molecular formula is C9H19NOS. The fourth-order valence-electron chi connectivity index (χ4n) is 1.63. The Hall–Kier alpha value is 0.270. The van der Waals surface area contributed by atoms with Gasteiger partial charge in [0.1, 0.15) is 0 Å². The third kappa shape index (κ3) is 2.96. The maximum atomic E-state index is 5.42. The zero-order chi connectivity index (χ0) is 8.81. The summed E-state index contributed by atoms with van der Waals surface area (Å²) >= 11 is 4.22. The Kier molecular flexibility index (Phi) is 5.04. The van der Waals surface area contributed by atoms with Crippen LogP contribution in [0, 0.1) is 0 Å². The average Bonchev–Trinajstić information content (AvgIpc) is 2.15. The second kappa shape index (κ2) is 5.84. The van der Waals surface area contributed by atoms with E-state index in [1.54, 1.807) is 0 Å². The molecule has 1 saturated heterocycles. The van der Waals surface area contributed by atoms with Gasteiger partial charge in [-0.1, -0.05) is 6.92 Å². The minimum absolute atomic E-state index is 0.652. The van der Waals surface area contributed by atoms with Gasteiger partial charge in [-0.15, -0.1) is 0 Å². The van der Waals surface area contributed by atoms with Gasteiger partial charge >= 0.3 is 0 Å². The Bertz CT molecular complexity index is 121. The van der Waals surface area contributed by atoms with Crippen molar-refractivity contribution in [2.45, 2.75) is 25.8 Å². The Labute approximate surface area is 80.7 Å². The standard InChI is InChI=1S/C9H19NOS/c1-2-9-8-11-6-5-10(9)4-3-7-12/h9,12H,2-8H2,1H3. The normalized spacial score (nSPS) is 26.0. The Morgan fingerprint density at radius 3 is 3.08 bits per heavy atom. The van der Waals surface area contributed by atoms with Crippen LogP contribution in [0.15, 0.2) is 0 Å². The van der Waals surface area contributed by atoms with Gasteiger partial charge in [0, 0.05) is 12.6 Å². The number of thiol groups is 1. The van der Waals surface area contributed by atoms with Crippen LogP contribution in [0.2, 0.25) is 0 Å². The molecule has 0 radical (unpaired) electrons. The molecule has 1 aliphatic rings. The summed E-state index contributed by atoms with van der Waals surface area (Å²) in [6.45, 7) is 6.34. The molecule has 2 nitrogen and oxygen atoms in total. The molecule has 0 N–H and O–H groups in total. The maximum Gasteiger partial charge on any atom is 0.0622 e. The van der Waals surface area contributed by atoms with Crippen molar-refractivity contribution in [1.29, 1.82) is 0 Å². The van der Waals surface area contributed by atoms with E-state index in [0.717, 1.165) is 25.5 Å². The molecule has 0 aliphatic carbocycles. The molecule has 0 aromatic heterocycles. The Morgan fingerprint density at radius 1 is 1.58 bits per heavy atom. The predicted molar refractivity (Wildman–Crippen MR) is 54.9 cm³/mol. The first-order valence-electron chi connectivity index (χ1n) is 4.81. The van der Waals surface area contributed by atoms with Crippen LogP contribution in [0.25, 0.3) is 0 Å². The van der Waals surface area contributed by atoms with Crippen LogP contribution < -0.4 is 0 Å². The van der Waals surface area contributed by atoms with Crippen molar-refractivity contribution in [3.05, 3.63) is 0 Å². The van der Waals surface area contributed by atoms with Crippen LogP contribution in [0.3, 0.4) is 0 Å². The van der Waals surface area contributed by atoms with Crippen LogP contribution in [-0.2, 0) is 4.74 Å². The molecule has 1 atom stereocenters. The topological polar surface area (TPSA) is 12.5 Å². The fraction of sp³-hybridized carbons (Fsp3) is 1.00. The molecule has 1 fully saturated rings. The van der Waals surface area contributed by atoms with Crippen LogP contribution in [0.5, 0.6) is 0 Å². The maximum absolute atomic E-state index is 5.42. The lowest BCUT2D eigenvalue weighted by molar-refractivity contribution is -0.00823. The minimum Gasteiger partial charge on any atom is -0.378 e. The quantitative estimate of drug-likeness (QED) is 0.671. The van der Waals surface area contributed by atoms with E-state index in [2.05, 4.69) is 24.5 Å². The van der Waals surface area contributed by atoms with Gasteiger partial charge in [-0.25, -0.2) is 0 Å². The molecule has 1 unspecified atom stereocenters. The van der Waals surface area contributed by atoms with E-state index in [1.807, 2.05) is 0 Å². The van der Waals surface area contributed by atoms with Crippen LogP contribution in [0.4, 0.5) is 0 Å². The van der Waals surface area contributed by atoms with E-state index in [4.69, 9.17) is 4.74 Å². The van der Waals surface area contributed by atoms with Gasteiger partial charge in [0.25, 0.3) is 0 Å². The number of morpholine rings is 1. The second-order valence-electron chi connectivity index (χ2n) is 3.25. The summed E-state index contributed by atoms with van der Waals surface area (Å²) in [7, 11) is 0. The smallest absolute Gasteiger partial charge is 0.0622 e. The summed E-state index contributed by atoms with van der Waals surface area (Å²) in [6.07, 6.45) is 2.40. The average molecular weight is 189 g/mol. The first kappa shape index (κ1) is 10.4. The highest BCUT2D eigenvalue weighted by molar-refractivity contribution is 7.80. The molecule has 0 aromatic carbocycles. The molecule has 3 heteroatoms. The highest BCUT2D eigenvalue weighted by Gasteiger charge is 2.19. The molecule has 0 amide bonds. The van der Waals surface area contributed by atoms with E-state index >= 15 is 0 Å². The van der Waals surface area contributed by atoms with Crippen molar-refractivity contribution in [3.8, 4) is 0 Å². The van der Waals surface area contributed by atoms with Crippen molar-refractivity contribution < 1.29 is 4.74 Å². The molecule has 1 aliphatic heterocycles. The van der Waals surface area contributed by atoms with Crippen molar-refractivity contribution in [2.75, 3.05) is 32.1 Å². The molecular weight excluding hydrogens is 170 g/mol. The predicted octanol–water partition coefficient (Wildman–Crippen LogP) is 1.42. The lowest BCUT2D eigenvalue weighted by atomic mass is 10.1. The molecule has 1 rings (SSSR count). The number of hydrogen-bond donors (Lipinski definition) is 1. The minimum atomic E-state index is 0.652. The summed E-state index contributed by atoms with van der Waals surface area (Å²) in [6, 6.07) is 0.652. The highest BCUT2D eigenvalue weighted by atomic mass is 32.1. The van der Waals surface area contributed by atoms with Gasteiger partial charge in [-0.2, -0.15) is 12.6 Å². The largest absolute Gasteiger partial charge is 0.378 e. The van der Waals surface area contributed by atoms with Crippen molar-refractivity contribution in [3.63, 3.8) is 0 Å². The first-order valence-corrected chi connectivity index (χ1v) is 5.44. The van der Waals surface area contributed by atoms with Gasteiger partial charge < -0.3 is 4.74 Å².